The van der Waals surface area contributed by atoms with Gasteiger partial charge in [0, 0.05) is 13.0 Å². The molecule has 0 aliphatic carbocycles. The predicted molar refractivity (Wildman–Crippen MR) is 61.7 cm³/mol. The Balaban J connectivity index is 2.53. The van der Waals surface area contributed by atoms with Gasteiger partial charge in [0.15, 0.2) is 0 Å². The molecule has 1 heterocycles. The zero-order chi connectivity index (χ0) is 11.3. The zero-order valence-electron chi connectivity index (χ0n) is 10.2. The average Bonchev–Trinajstić information content (AvgIpc) is 2.65. The topological polar surface area (TPSA) is 42.7 Å². The van der Waals surface area contributed by atoms with Crippen molar-refractivity contribution in [2.75, 3.05) is 13.6 Å². The third-order valence-electron chi connectivity index (χ3n) is 3.00. The van der Waals surface area contributed by atoms with E-state index in [0.717, 1.165) is 25.3 Å². The molecule has 1 N–H and O–H groups in total. The summed E-state index contributed by atoms with van der Waals surface area (Å²) >= 11 is 0. The van der Waals surface area contributed by atoms with Crippen LogP contribution in [0.4, 0.5) is 0 Å². The smallest absolute Gasteiger partial charge is 0.138 e. The van der Waals surface area contributed by atoms with Crippen molar-refractivity contribution in [3.05, 3.63) is 12.2 Å². The second kappa shape index (κ2) is 5.85. The van der Waals surface area contributed by atoms with Gasteiger partial charge >= 0.3 is 0 Å². The van der Waals surface area contributed by atoms with Crippen LogP contribution in [0.5, 0.6) is 0 Å². The standard InChI is InChI=1S/C11H22N4/c1-5-15-11(13-8-14-15)6-9(2)10(3)7-12-4/h8-10,12H,5-7H2,1-4H3. The van der Waals surface area contributed by atoms with Crippen molar-refractivity contribution in [3.8, 4) is 0 Å². The van der Waals surface area contributed by atoms with Crippen molar-refractivity contribution in [2.24, 2.45) is 11.8 Å². The normalized spacial score (nSPS) is 15.2. The van der Waals surface area contributed by atoms with Gasteiger partial charge in [0.05, 0.1) is 0 Å². The van der Waals surface area contributed by atoms with E-state index in [1.54, 1.807) is 6.33 Å². The van der Waals surface area contributed by atoms with E-state index in [-0.39, 0.29) is 0 Å². The van der Waals surface area contributed by atoms with Crippen molar-refractivity contribution in [3.63, 3.8) is 0 Å². The Morgan fingerprint density at radius 1 is 1.40 bits per heavy atom. The van der Waals surface area contributed by atoms with Gasteiger partial charge in [-0.15, -0.1) is 0 Å². The SMILES string of the molecule is CCn1ncnc1CC(C)C(C)CNC. The summed E-state index contributed by atoms with van der Waals surface area (Å²) in [5, 5.41) is 7.40. The number of aromatic nitrogens is 3. The molecule has 0 amide bonds. The van der Waals surface area contributed by atoms with Crippen LogP contribution in [0.3, 0.4) is 0 Å². The molecule has 4 heteroatoms. The number of hydrogen-bond acceptors (Lipinski definition) is 3. The van der Waals surface area contributed by atoms with Gasteiger partial charge in [0.2, 0.25) is 0 Å². The lowest BCUT2D eigenvalue weighted by atomic mass is 9.92. The molecule has 4 nitrogen and oxygen atoms in total. The number of aryl methyl sites for hydroxylation is 1. The Labute approximate surface area is 92.1 Å². The lowest BCUT2D eigenvalue weighted by Crippen LogP contribution is -2.24. The molecule has 2 unspecified atom stereocenters. The first-order valence-electron chi connectivity index (χ1n) is 5.70. The summed E-state index contributed by atoms with van der Waals surface area (Å²) in [6.07, 6.45) is 2.66. The molecule has 0 spiro atoms. The highest BCUT2D eigenvalue weighted by atomic mass is 15.3. The van der Waals surface area contributed by atoms with Crippen LogP contribution in [-0.2, 0) is 13.0 Å². The highest BCUT2D eigenvalue weighted by Crippen LogP contribution is 2.14. The molecule has 0 aliphatic heterocycles. The summed E-state index contributed by atoms with van der Waals surface area (Å²) in [5.74, 6) is 2.40. The largest absolute Gasteiger partial charge is 0.319 e. The summed E-state index contributed by atoms with van der Waals surface area (Å²) in [6, 6.07) is 0. The molecule has 86 valence electrons. The van der Waals surface area contributed by atoms with Crippen LogP contribution < -0.4 is 5.32 Å². The lowest BCUT2D eigenvalue weighted by molar-refractivity contribution is 0.362. The lowest BCUT2D eigenvalue weighted by Gasteiger charge is -2.19. The molecule has 1 aromatic heterocycles. The van der Waals surface area contributed by atoms with Crippen molar-refractivity contribution >= 4 is 0 Å². The van der Waals surface area contributed by atoms with Crippen LogP contribution in [0.25, 0.3) is 0 Å². The Kier molecular flexibility index (Phi) is 4.75. The molecule has 0 radical (unpaired) electrons. The Bertz CT molecular complexity index is 282. The molecule has 15 heavy (non-hydrogen) atoms. The molecule has 0 bridgehead atoms. The Morgan fingerprint density at radius 3 is 2.73 bits per heavy atom. The summed E-state index contributed by atoms with van der Waals surface area (Å²) in [5.41, 5.74) is 0. The molecule has 1 aromatic rings. The molecule has 0 aromatic carbocycles. The minimum Gasteiger partial charge on any atom is -0.319 e. The van der Waals surface area contributed by atoms with Crippen LogP contribution in [0.1, 0.15) is 26.6 Å². The molecular weight excluding hydrogens is 188 g/mol. The van der Waals surface area contributed by atoms with Gasteiger partial charge in [-0.25, -0.2) is 4.98 Å². The maximum atomic E-state index is 4.30. The van der Waals surface area contributed by atoms with Crippen LogP contribution in [0.2, 0.25) is 0 Å². The van der Waals surface area contributed by atoms with E-state index in [0.29, 0.717) is 11.8 Å². The van der Waals surface area contributed by atoms with E-state index in [9.17, 15) is 0 Å². The fourth-order valence-electron chi connectivity index (χ4n) is 1.72. The van der Waals surface area contributed by atoms with Gasteiger partial charge in [-0.2, -0.15) is 5.10 Å². The molecule has 0 saturated heterocycles. The van der Waals surface area contributed by atoms with Crippen molar-refractivity contribution in [1.29, 1.82) is 0 Å². The number of nitrogens with one attached hydrogen (secondary N) is 1. The molecule has 2 atom stereocenters. The fraction of sp³-hybridized carbons (Fsp3) is 0.818. The first-order chi connectivity index (χ1) is 7.19. The number of hydrogen-bond donors (Lipinski definition) is 1. The van der Waals surface area contributed by atoms with Crippen LogP contribution in [0, 0.1) is 11.8 Å². The van der Waals surface area contributed by atoms with Gasteiger partial charge in [0.1, 0.15) is 12.2 Å². The van der Waals surface area contributed by atoms with E-state index in [4.69, 9.17) is 0 Å². The van der Waals surface area contributed by atoms with Crippen LogP contribution in [0.15, 0.2) is 6.33 Å². The second-order valence-corrected chi connectivity index (χ2v) is 4.21. The predicted octanol–water partition coefficient (Wildman–Crippen LogP) is 1.33. The van der Waals surface area contributed by atoms with Crippen molar-refractivity contribution in [2.45, 2.75) is 33.7 Å². The minimum absolute atomic E-state index is 0.631. The quantitative estimate of drug-likeness (QED) is 0.770. The van der Waals surface area contributed by atoms with Crippen molar-refractivity contribution < 1.29 is 0 Å². The van der Waals surface area contributed by atoms with Crippen LogP contribution >= 0.6 is 0 Å². The van der Waals surface area contributed by atoms with Crippen LogP contribution in [-0.4, -0.2) is 28.4 Å². The third kappa shape index (κ3) is 3.30. The average molecular weight is 210 g/mol. The highest BCUT2D eigenvalue weighted by Gasteiger charge is 2.14. The third-order valence-corrected chi connectivity index (χ3v) is 3.00. The zero-order valence-corrected chi connectivity index (χ0v) is 10.2. The van der Waals surface area contributed by atoms with E-state index in [1.165, 1.54) is 0 Å². The Morgan fingerprint density at radius 2 is 2.13 bits per heavy atom. The summed E-state index contributed by atoms with van der Waals surface area (Å²) in [6.45, 7) is 8.61. The highest BCUT2D eigenvalue weighted by molar-refractivity contribution is 4.87. The number of nitrogens with zero attached hydrogens (tertiary/aromatic N) is 3. The second-order valence-electron chi connectivity index (χ2n) is 4.21. The summed E-state index contributed by atoms with van der Waals surface area (Å²) < 4.78 is 1.97. The van der Waals surface area contributed by atoms with Gasteiger partial charge in [-0.3, -0.25) is 4.68 Å². The monoisotopic (exact) mass is 210 g/mol. The first-order valence-corrected chi connectivity index (χ1v) is 5.70. The molecule has 1 rings (SSSR count). The maximum Gasteiger partial charge on any atom is 0.138 e. The van der Waals surface area contributed by atoms with Gasteiger partial charge in [0.25, 0.3) is 0 Å². The first kappa shape index (κ1) is 12.2. The van der Waals surface area contributed by atoms with Gasteiger partial charge < -0.3 is 5.32 Å². The summed E-state index contributed by atoms with van der Waals surface area (Å²) in [4.78, 5) is 4.30. The minimum atomic E-state index is 0.631. The Hall–Kier alpha value is -0.900. The van der Waals surface area contributed by atoms with Crippen molar-refractivity contribution in [1.82, 2.24) is 20.1 Å². The van der Waals surface area contributed by atoms with E-state index < -0.39 is 0 Å². The van der Waals surface area contributed by atoms with E-state index >= 15 is 0 Å². The van der Waals surface area contributed by atoms with Gasteiger partial charge in [-0.05, 0) is 32.4 Å². The van der Waals surface area contributed by atoms with E-state index in [1.807, 2.05) is 11.7 Å². The van der Waals surface area contributed by atoms with Gasteiger partial charge in [-0.1, -0.05) is 13.8 Å². The molecule has 0 aliphatic rings. The maximum absolute atomic E-state index is 4.30. The number of rotatable bonds is 6. The molecule has 0 fully saturated rings. The van der Waals surface area contributed by atoms with E-state index in [2.05, 4.69) is 36.2 Å². The molecule has 0 saturated carbocycles. The summed E-state index contributed by atoms with van der Waals surface area (Å²) in [7, 11) is 2.00. The fourth-order valence-corrected chi connectivity index (χ4v) is 1.72. The molecular formula is C11H22N4.